The number of morpholine rings is 1. The van der Waals surface area contributed by atoms with Gasteiger partial charge in [-0.1, -0.05) is 0 Å². The van der Waals surface area contributed by atoms with Crippen LogP contribution < -0.4 is 5.32 Å². The second-order valence-corrected chi connectivity index (χ2v) is 4.83. The standard InChI is InChI=1S/C11H23N3O/c1-10-7-13(2)4-5-14(10)8-11-9-15-6-3-12-11/h10-12H,3-9H2,1-2H3. The van der Waals surface area contributed by atoms with Crippen molar-refractivity contribution in [3.05, 3.63) is 0 Å². The summed E-state index contributed by atoms with van der Waals surface area (Å²) in [7, 11) is 2.20. The third-order valence-corrected chi connectivity index (χ3v) is 3.42. The molecule has 4 nitrogen and oxygen atoms in total. The maximum Gasteiger partial charge on any atom is 0.0632 e. The van der Waals surface area contributed by atoms with Gasteiger partial charge in [0.25, 0.3) is 0 Å². The molecule has 0 aromatic rings. The van der Waals surface area contributed by atoms with Gasteiger partial charge in [-0.05, 0) is 14.0 Å². The van der Waals surface area contributed by atoms with Crippen molar-refractivity contribution in [2.75, 3.05) is 53.0 Å². The lowest BCUT2D eigenvalue weighted by molar-refractivity contribution is 0.0376. The van der Waals surface area contributed by atoms with Crippen LogP contribution in [0.1, 0.15) is 6.92 Å². The van der Waals surface area contributed by atoms with Crippen molar-refractivity contribution in [1.29, 1.82) is 0 Å². The van der Waals surface area contributed by atoms with Crippen molar-refractivity contribution >= 4 is 0 Å². The van der Waals surface area contributed by atoms with E-state index in [4.69, 9.17) is 4.74 Å². The summed E-state index contributed by atoms with van der Waals surface area (Å²) in [5, 5.41) is 3.52. The topological polar surface area (TPSA) is 27.7 Å². The van der Waals surface area contributed by atoms with Crippen molar-refractivity contribution in [3.8, 4) is 0 Å². The van der Waals surface area contributed by atoms with E-state index >= 15 is 0 Å². The Morgan fingerprint density at radius 3 is 2.93 bits per heavy atom. The number of nitrogens with zero attached hydrogens (tertiary/aromatic N) is 2. The molecule has 2 saturated heterocycles. The van der Waals surface area contributed by atoms with Gasteiger partial charge in [0.2, 0.25) is 0 Å². The average molecular weight is 213 g/mol. The minimum atomic E-state index is 0.532. The third-order valence-electron chi connectivity index (χ3n) is 3.42. The summed E-state index contributed by atoms with van der Waals surface area (Å²) in [6, 6.07) is 1.21. The molecule has 2 aliphatic heterocycles. The van der Waals surface area contributed by atoms with Gasteiger partial charge >= 0.3 is 0 Å². The highest BCUT2D eigenvalue weighted by Gasteiger charge is 2.24. The molecule has 2 aliphatic rings. The molecule has 0 aliphatic carbocycles. The lowest BCUT2D eigenvalue weighted by Crippen LogP contribution is -2.56. The summed E-state index contributed by atoms with van der Waals surface area (Å²) in [5.74, 6) is 0. The number of piperazine rings is 1. The zero-order valence-corrected chi connectivity index (χ0v) is 9.91. The lowest BCUT2D eigenvalue weighted by Gasteiger charge is -2.40. The van der Waals surface area contributed by atoms with E-state index < -0.39 is 0 Å². The van der Waals surface area contributed by atoms with Crippen LogP contribution in [0.5, 0.6) is 0 Å². The van der Waals surface area contributed by atoms with Crippen LogP contribution in [0.15, 0.2) is 0 Å². The van der Waals surface area contributed by atoms with Gasteiger partial charge in [0.1, 0.15) is 0 Å². The van der Waals surface area contributed by atoms with E-state index in [0.717, 1.165) is 26.3 Å². The van der Waals surface area contributed by atoms with Crippen molar-refractivity contribution in [3.63, 3.8) is 0 Å². The van der Waals surface area contributed by atoms with Crippen LogP contribution in [-0.4, -0.2) is 74.9 Å². The van der Waals surface area contributed by atoms with Gasteiger partial charge in [0.15, 0.2) is 0 Å². The molecule has 2 atom stereocenters. The monoisotopic (exact) mass is 213 g/mol. The molecule has 15 heavy (non-hydrogen) atoms. The minimum absolute atomic E-state index is 0.532. The first-order valence-corrected chi connectivity index (χ1v) is 5.99. The van der Waals surface area contributed by atoms with Gasteiger partial charge in [0, 0.05) is 44.8 Å². The first-order chi connectivity index (χ1) is 7.25. The molecular formula is C11H23N3O. The van der Waals surface area contributed by atoms with E-state index in [1.807, 2.05) is 0 Å². The summed E-state index contributed by atoms with van der Waals surface area (Å²) in [5.41, 5.74) is 0. The van der Waals surface area contributed by atoms with Crippen LogP contribution in [-0.2, 0) is 4.74 Å². The van der Waals surface area contributed by atoms with Gasteiger partial charge in [-0.3, -0.25) is 4.90 Å². The SMILES string of the molecule is CC1CN(C)CCN1CC1COCCN1. The first-order valence-electron chi connectivity index (χ1n) is 5.99. The zero-order valence-electron chi connectivity index (χ0n) is 9.91. The summed E-state index contributed by atoms with van der Waals surface area (Å²) in [4.78, 5) is 4.98. The summed E-state index contributed by atoms with van der Waals surface area (Å²) >= 11 is 0. The Kier molecular flexibility index (Phi) is 3.97. The molecular weight excluding hydrogens is 190 g/mol. The number of hydrogen-bond donors (Lipinski definition) is 1. The predicted octanol–water partition coefficient (Wildman–Crippen LogP) is -0.389. The summed E-state index contributed by atoms with van der Waals surface area (Å²) in [6.45, 7) is 9.77. The van der Waals surface area contributed by atoms with Crippen molar-refractivity contribution < 1.29 is 4.74 Å². The molecule has 2 unspecified atom stereocenters. The van der Waals surface area contributed by atoms with E-state index in [1.165, 1.54) is 19.6 Å². The summed E-state index contributed by atoms with van der Waals surface area (Å²) < 4.78 is 5.48. The number of ether oxygens (including phenoxy) is 1. The largest absolute Gasteiger partial charge is 0.378 e. The van der Waals surface area contributed by atoms with Gasteiger partial charge in [-0.25, -0.2) is 0 Å². The Hall–Kier alpha value is -0.160. The van der Waals surface area contributed by atoms with Crippen molar-refractivity contribution in [2.24, 2.45) is 0 Å². The third kappa shape index (κ3) is 3.14. The molecule has 2 rings (SSSR count). The highest BCUT2D eigenvalue weighted by Crippen LogP contribution is 2.09. The fourth-order valence-corrected chi connectivity index (χ4v) is 2.47. The quantitative estimate of drug-likeness (QED) is 0.676. The van der Waals surface area contributed by atoms with E-state index in [-0.39, 0.29) is 0 Å². The molecule has 0 bridgehead atoms. The molecule has 0 saturated carbocycles. The fraction of sp³-hybridized carbons (Fsp3) is 1.00. The maximum atomic E-state index is 5.48. The van der Waals surface area contributed by atoms with Crippen LogP contribution in [0.4, 0.5) is 0 Å². The van der Waals surface area contributed by atoms with E-state index in [9.17, 15) is 0 Å². The lowest BCUT2D eigenvalue weighted by atomic mass is 10.1. The Morgan fingerprint density at radius 1 is 1.40 bits per heavy atom. The Labute approximate surface area is 92.6 Å². The number of rotatable bonds is 2. The minimum Gasteiger partial charge on any atom is -0.378 e. The van der Waals surface area contributed by atoms with E-state index in [1.54, 1.807) is 0 Å². The molecule has 0 aromatic heterocycles. The van der Waals surface area contributed by atoms with Crippen LogP contribution in [0.25, 0.3) is 0 Å². The molecule has 2 fully saturated rings. The number of nitrogens with one attached hydrogen (secondary N) is 1. The zero-order chi connectivity index (χ0) is 10.7. The molecule has 0 aromatic carbocycles. The average Bonchev–Trinajstić information content (AvgIpc) is 2.24. The highest BCUT2D eigenvalue weighted by molar-refractivity contribution is 4.82. The fourth-order valence-electron chi connectivity index (χ4n) is 2.47. The molecule has 1 N–H and O–H groups in total. The van der Waals surface area contributed by atoms with E-state index in [0.29, 0.717) is 12.1 Å². The molecule has 88 valence electrons. The van der Waals surface area contributed by atoms with Gasteiger partial charge in [-0.2, -0.15) is 0 Å². The second kappa shape index (κ2) is 5.25. The van der Waals surface area contributed by atoms with Gasteiger partial charge < -0.3 is 15.0 Å². The normalized spacial score (nSPS) is 35.6. The number of hydrogen-bond acceptors (Lipinski definition) is 4. The van der Waals surface area contributed by atoms with Crippen LogP contribution >= 0.6 is 0 Å². The van der Waals surface area contributed by atoms with Crippen molar-refractivity contribution in [1.82, 2.24) is 15.1 Å². The molecule has 2 heterocycles. The first kappa shape index (κ1) is 11.3. The number of likely N-dealkylation sites (N-methyl/N-ethyl adjacent to an activating group) is 1. The predicted molar refractivity (Wildman–Crippen MR) is 61.1 cm³/mol. The Bertz CT molecular complexity index is 194. The smallest absolute Gasteiger partial charge is 0.0632 e. The molecule has 4 heteroatoms. The molecule has 0 radical (unpaired) electrons. The van der Waals surface area contributed by atoms with Gasteiger partial charge in [0.05, 0.1) is 13.2 Å². The Balaban J connectivity index is 1.77. The molecule has 0 amide bonds. The van der Waals surface area contributed by atoms with Crippen LogP contribution in [0.3, 0.4) is 0 Å². The van der Waals surface area contributed by atoms with Crippen molar-refractivity contribution in [2.45, 2.75) is 19.0 Å². The van der Waals surface area contributed by atoms with Crippen LogP contribution in [0, 0.1) is 0 Å². The molecule has 0 spiro atoms. The van der Waals surface area contributed by atoms with Crippen LogP contribution in [0.2, 0.25) is 0 Å². The maximum absolute atomic E-state index is 5.48. The summed E-state index contributed by atoms with van der Waals surface area (Å²) in [6.07, 6.45) is 0. The van der Waals surface area contributed by atoms with E-state index in [2.05, 4.69) is 29.1 Å². The van der Waals surface area contributed by atoms with Gasteiger partial charge in [-0.15, -0.1) is 0 Å². The Morgan fingerprint density at radius 2 is 2.27 bits per heavy atom. The second-order valence-electron chi connectivity index (χ2n) is 4.83. The highest BCUT2D eigenvalue weighted by atomic mass is 16.5.